The van der Waals surface area contributed by atoms with E-state index in [9.17, 15) is 0 Å². The normalized spacial score (nSPS) is 10.8. The van der Waals surface area contributed by atoms with Crippen LogP contribution in [0.5, 0.6) is 0 Å². The summed E-state index contributed by atoms with van der Waals surface area (Å²) in [6.07, 6.45) is 4.70. The lowest BCUT2D eigenvalue weighted by molar-refractivity contribution is 0.458. The van der Waals surface area contributed by atoms with Crippen LogP contribution in [0, 0.1) is 0 Å². The Morgan fingerprint density at radius 2 is 2.44 bits per heavy atom. The lowest BCUT2D eigenvalue weighted by Crippen LogP contribution is -2.08. The van der Waals surface area contributed by atoms with Crippen molar-refractivity contribution in [1.82, 2.24) is 10.3 Å². The molecule has 4 heteroatoms. The van der Waals surface area contributed by atoms with Crippen LogP contribution in [0.25, 0.3) is 0 Å². The van der Waals surface area contributed by atoms with Crippen molar-refractivity contribution in [2.75, 3.05) is 13.6 Å². The van der Waals surface area contributed by atoms with Crippen LogP contribution >= 0.6 is 11.3 Å². The van der Waals surface area contributed by atoms with E-state index < -0.39 is 0 Å². The Balaban J connectivity index is 1.87. The molecule has 2 heterocycles. The molecule has 0 atom stereocenters. The van der Waals surface area contributed by atoms with E-state index in [4.69, 9.17) is 4.42 Å². The SMILES string of the molecule is CNCCCc1cnc(Cc2cccs2)o1. The van der Waals surface area contributed by atoms with Gasteiger partial charge in [-0.2, -0.15) is 0 Å². The zero-order valence-electron chi connectivity index (χ0n) is 9.40. The number of hydrogen-bond acceptors (Lipinski definition) is 4. The van der Waals surface area contributed by atoms with Crippen LogP contribution < -0.4 is 5.32 Å². The molecule has 0 aliphatic rings. The Kier molecular flexibility index (Phi) is 4.13. The van der Waals surface area contributed by atoms with Crippen molar-refractivity contribution in [3.63, 3.8) is 0 Å². The Bertz CT molecular complexity index is 408. The van der Waals surface area contributed by atoms with Gasteiger partial charge in [-0.25, -0.2) is 4.98 Å². The zero-order valence-corrected chi connectivity index (χ0v) is 10.2. The quantitative estimate of drug-likeness (QED) is 0.783. The molecule has 0 saturated heterocycles. The highest BCUT2D eigenvalue weighted by atomic mass is 32.1. The van der Waals surface area contributed by atoms with Gasteiger partial charge in [-0.1, -0.05) is 6.07 Å². The molecule has 0 fully saturated rings. The third-order valence-electron chi connectivity index (χ3n) is 2.36. The molecule has 0 unspecified atom stereocenters. The van der Waals surface area contributed by atoms with Gasteiger partial charge >= 0.3 is 0 Å². The van der Waals surface area contributed by atoms with Crippen molar-refractivity contribution >= 4 is 11.3 Å². The molecular formula is C12H16N2OS. The topological polar surface area (TPSA) is 38.1 Å². The second-order valence-electron chi connectivity index (χ2n) is 3.68. The van der Waals surface area contributed by atoms with Gasteiger partial charge in [0.05, 0.1) is 12.6 Å². The summed E-state index contributed by atoms with van der Waals surface area (Å²) in [5, 5.41) is 5.20. The molecule has 86 valence electrons. The van der Waals surface area contributed by atoms with Gasteiger partial charge in [0.2, 0.25) is 0 Å². The summed E-state index contributed by atoms with van der Waals surface area (Å²) in [5.74, 6) is 1.81. The number of thiophene rings is 1. The van der Waals surface area contributed by atoms with Gasteiger partial charge in [0.25, 0.3) is 0 Å². The van der Waals surface area contributed by atoms with Gasteiger partial charge in [-0.05, 0) is 31.5 Å². The van der Waals surface area contributed by atoms with Crippen molar-refractivity contribution < 1.29 is 4.42 Å². The molecule has 0 bridgehead atoms. The molecule has 0 saturated carbocycles. The molecule has 2 aromatic heterocycles. The molecule has 16 heavy (non-hydrogen) atoms. The van der Waals surface area contributed by atoms with E-state index in [1.807, 2.05) is 13.2 Å². The molecule has 2 rings (SSSR count). The summed E-state index contributed by atoms with van der Waals surface area (Å²) in [7, 11) is 1.96. The molecule has 1 N–H and O–H groups in total. The minimum atomic E-state index is 0.809. The number of rotatable bonds is 6. The fourth-order valence-corrected chi connectivity index (χ4v) is 2.24. The Morgan fingerprint density at radius 1 is 1.50 bits per heavy atom. The molecule has 0 radical (unpaired) electrons. The summed E-state index contributed by atoms with van der Waals surface area (Å²) in [6.45, 7) is 1.01. The number of nitrogens with zero attached hydrogens (tertiary/aromatic N) is 1. The average molecular weight is 236 g/mol. The fourth-order valence-electron chi connectivity index (χ4n) is 1.55. The van der Waals surface area contributed by atoms with E-state index >= 15 is 0 Å². The van der Waals surface area contributed by atoms with Crippen LogP contribution in [0.3, 0.4) is 0 Å². The van der Waals surface area contributed by atoms with E-state index in [0.29, 0.717) is 0 Å². The van der Waals surface area contributed by atoms with Gasteiger partial charge in [0.15, 0.2) is 5.89 Å². The first kappa shape index (κ1) is 11.4. The highest BCUT2D eigenvalue weighted by molar-refractivity contribution is 7.09. The first-order chi connectivity index (χ1) is 7.88. The minimum absolute atomic E-state index is 0.809. The Morgan fingerprint density at radius 3 is 3.19 bits per heavy atom. The zero-order chi connectivity index (χ0) is 11.2. The maximum Gasteiger partial charge on any atom is 0.199 e. The van der Waals surface area contributed by atoms with Gasteiger partial charge in [0.1, 0.15) is 5.76 Å². The van der Waals surface area contributed by atoms with Crippen molar-refractivity contribution in [2.45, 2.75) is 19.3 Å². The summed E-state index contributed by atoms with van der Waals surface area (Å²) in [5.41, 5.74) is 0. The van der Waals surface area contributed by atoms with Gasteiger partial charge in [-0.15, -0.1) is 11.3 Å². The van der Waals surface area contributed by atoms with Gasteiger partial charge < -0.3 is 9.73 Å². The molecule has 0 aliphatic heterocycles. The Hall–Kier alpha value is -1.13. The molecule has 0 spiro atoms. The fraction of sp³-hybridized carbons (Fsp3) is 0.417. The first-order valence-electron chi connectivity index (χ1n) is 5.49. The summed E-state index contributed by atoms with van der Waals surface area (Å²) in [6, 6.07) is 4.16. The minimum Gasteiger partial charge on any atom is -0.445 e. The number of aryl methyl sites for hydroxylation is 1. The predicted octanol–water partition coefficient (Wildman–Crippen LogP) is 2.48. The van der Waals surface area contributed by atoms with E-state index in [1.54, 1.807) is 11.3 Å². The number of oxazole rings is 1. The standard InChI is InChI=1S/C12H16N2OS/c1-13-6-2-4-10-9-14-12(15-10)8-11-5-3-7-16-11/h3,5,7,9,13H,2,4,6,8H2,1H3. The van der Waals surface area contributed by atoms with E-state index in [2.05, 4.69) is 27.8 Å². The third-order valence-corrected chi connectivity index (χ3v) is 3.23. The highest BCUT2D eigenvalue weighted by Gasteiger charge is 2.05. The van der Waals surface area contributed by atoms with Crippen LogP contribution in [0.4, 0.5) is 0 Å². The smallest absolute Gasteiger partial charge is 0.199 e. The van der Waals surface area contributed by atoms with Crippen molar-refractivity contribution in [3.8, 4) is 0 Å². The van der Waals surface area contributed by atoms with Gasteiger partial charge in [-0.3, -0.25) is 0 Å². The molecular weight excluding hydrogens is 220 g/mol. The third kappa shape index (κ3) is 3.18. The van der Waals surface area contributed by atoms with Crippen LogP contribution in [-0.4, -0.2) is 18.6 Å². The monoisotopic (exact) mass is 236 g/mol. The number of nitrogens with one attached hydrogen (secondary N) is 1. The highest BCUT2D eigenvalue weighted by Crippen LogP contribution is 2.15. The van der Waals surface area contributed by atoms with E-state index in [1.165, 1.54) is 4.88 Å². The number of hydrogen-bond donors (Lipinski definition) is 1. The van der Waals surface area contributed by atoms with Gasteiger partial charge in [0, 0.05) is 11.3 Å². The van der Waals surface area contributed by atoms with E-state index in [-0.39, 0.29) is 0 Å². The number of aromatic nitrogens is 1. The molecule has 3 nitrogen and oxygen atoms in total. The summed E-state index contributed by atoms with van der Waals surface area (Å²) >= 11 is 1.74. The van der Waals surface area contributed by atoms with Crippen molar-refractivity contribution in [1.29, 1.82) is 0 Å². The molecule has 0 aromatic carbocycles. The molecule has 0 aliphatic carbocycles. The largest absolute Gasteiger partial charge is 0.445 e. The van der Waals surface area contributed by atoms with E-state index in [0.717, 1.165) is 37.5 Å². The van der Waals surface area contributed by atoms with Crippen LogP contribution in [0.2, 0.25) is 0 Å². The second kappa shape index (κ2) is 5.82. The predicted molar refractivity (Wildman–Crippen MR) is 65.9 cm³/mol. The average Bonchev–Trinajstić information content (AvgIpc) is 2.91. The summed E-state index contributed by atoms with van der Waals surface area (Å²) < 4.78 is 5.67. The lowest BCUT2D eigenvalue weighted by Gasteiger charge is -1.96. The van der Waals surface area contributed by atoms with Crippen LogP contribution in [0.15, 0.2) is 28.1 Å². The maximum atomic E-state index is 5.67. The maximum absolute atomic E-state index is 5.67. The van der Waals surface area contributed by atoms with Crippen molar-refractivity contribution in [3.05, 3.63) is 40.2 Å². The van der Waals surface area contributed by atoms with Crippen LogP contribution in [0.1, 0.15) is 22.9 Å². The van der Waals surface area contributed by atoms with Crippen LogP contribution in [-0.2, 0) is 12.8 Å². The Labute approximate surface area is 99.5 Å². The summed E-state index contributed by atoms with van der Waals surface area (Å²) in [4.78, 5) is 5.58. The molecule has 0 amide bonds. The molecule has 2 aromatic rings. The first-order valence-corrected chi connectivity index (χ1v) is 6.37. The lowest BCUT2D eigenvalue weighted by atomic mass is 10.3. The van der Waals surface area contributed by atoms with Crippen molar-refractivity contribution in [2.24, 2.45) is 0 Å². The second-order valence-corrected chi connectivity index (χ2v) is 4.72.